The van der Waals surface area contributed by atoms with Gasteiger partial charge in [-0.3, -0.25) is 4.79 Å². The molecular weight excluding hydrogens is 716 g/mol. The van der Waals surface area contributed by atoms with E-state index in [4.69, 9.17) is 14.2 Å². The van der Waals surface area contributed by atoms with E-state index in [1.807, 2.05) is 84.9 Å². The van der Waals surface area contributed by atoms with Crippen molar-refractivity contribution >= 4 is 24.0 Å². The Morgan fingerprint density at radius 2 is 1.36 bits per heavy atom. The fraction of sp³-hybridized carbons (Fsp3) is 0.364. The summed E-state index contributed by atoms with van der Waals surface area (Å²) in [5.74, 6) is -0.0358. The first-order chi connectivity index (χ1) is 27.1. The number of amides is 4. The Morgan fingerprint density at radius 1 is 0.768 bits per heavy atom. The zero-order chi connectivity index (χ0) is 39.7. The topological polar surface area (TPSA) is 127 Å². The van der Waals surface area contributed by atoms with E-state index in [0.29, 0.717) is 45.0 Å². The Hall–Kier alpha value is -5.91. The Bertz CT molecular complexity index is 1840. The van der Waals surface area contributed by atoms with Crippen molar-refractivity contribution in [3.05, 3.63) is 137 Å². The van der Waals surface area contributed by atoms with Gasteiger partial charge in [0, 0.05) is 38.6 Å². The zero-order valence-corrected chi connectivity index (χ0v) is 32.0. The van der Waals surface area contributed by atoms with Crippen LogP contribution < -0.4 is 15.4 Å². The summed E-state index contributed by atoms with van der Waals surface area (Å²) in [7, 11) is 0. The van der Waals surface area contributed by atoms with Gasteiger partial charge in [0.15, 0.2) is 0 Å². The molecule has 4 aromatic carbocycles. The maximum absolute atomic E-state index is 13.7. The predicted molar refractivity (Wildman–Crippen MR) is 210 cm³/mol. The molecule has 0 bridgehead atoms. The molecule has 0 aromatic heterocycles. The van der Waals surface area contributed by atoms with Gasteiger partial charge in [0.1, 0.15) is 30.8 Å². The second-order valence-electron chi connectivity index (χ2n) is 14.3. The highest BCUT2D eigenvalue weighted by Gasteiger charge is 2.31. The quantitative estimate of drug-likeness (QED) is 0.107. The molecule has 1 heterocycles. The number of nitrogens with zero attached hydrogens (tertiary/aromatic N) is 2. The van der Waals surface area contributed by atoms with Gasteiger partial charge in [0.25, 0.3) is 0 Å². The van der Waals surface area contributed by atoms with Crippen LogP contribution in [-0.2, 0) is 45.4 Å². The van der Waals surface area contributed by atoms with Gasteiger partial charge < -0.3 is 34.6 Å². The van der Waals surface area contributed by atoms with Gasteiger partial charge >= 0.3 is 18.1 Å². The van der Waals surface area contributed by atoms with Crippen molar-refractivity contribution < 1.29 is 37.8 Å². The van der Waals surface area contributed by atoms with Crippen molar-refractivity contribution in [1.29, 1.82) is 0 Å². The number of carbonyl (C=O) groups excluding carboxylic acids is 4. The number of halogens is 1. The number of esters is 1. The van der Waals surface area contributed by atoms with Crippen molar-refractivity contribution in [2.45, 2.75) is 77.9 Å². The molecule has 12 heteroatoms. The number of carbonyl (C=O) groups is 4. The number of nitrogens with one attached hydrogen (secondary N) is 2. The summed E-state index contributed by atoms with van der Waals surface area (Å²) < 4.78 is 30.4. The normalized spacial score (nSPS) is 13.4. The summed E-state index contributed by atoms with van der Waals surface area (Å²) in [6, 6.07) is 30.5. The summed E-state index contributed by atoms with van der Waals surface area (Å²) in [6.45, 7) is 6.18. The lowest BCUT2D eigenvalue weighted by atomic mass is 10.0. The van der Waals surface area contributed by atoms with Crippen LogP contribution in [-0.4, -0.2) is 65.6 Å². The molecule has 11 nitrogen and oxygen atoms in total. The van der Waals surface area contributed by atoms with E-state index < -0.39 is 18.1 Å². The lowest BCUT2D eigenvalue weighted by Crippen LogP contribution is -2.51. The van der Waals surface area contributed by atoms with Gasteiger partial charge in [-0.2, -0.15) is 0 Å². The van der Waals surface area contributed by atoms with E-state index in [2.05, 4.69) is 24.5 Å². The van der Waals surface area contributed by atoms with Crippen LogP contribution in [0.4, 0.5) is 14.0 Å². The Kier molecular flexibility index (Phi) is 15.7. The van der Waals surface area contributed by atoms with E-state index in [1.165, 1.54) is 12.1 Å². The lowest BCUT2D eigenvalue weighted by molar-refractivity contribution is -0.147. The number of rotatable bonds is 17. The number of ether oxygens (including phenoxy) is 3. The third-order valence-electron chi connectivity index (χ3n) is 9.40. The number of likely N-dealkylation sites (tertiary alicyclic amines) is 1. The molecule has 296 valence electrons. The molecule has 5 rings (SSSR count). The van der Waals surface area contributed by atoms with Crippen molar-refractivity contribution in [3.63, 3.8) is 0 Å². The molecular formula is C44H51FN4O7. The van der Waals surface area contributed by atoms with E-state index in [9.17, 15) is 23.6 Å². The number of benzene rings is 4. The number of hydrogen-bond donors (Lipinski definition) is 2. The minimum absolute atomic E-state index is 0.0107. The minimum Gasteiger partial charge on any atom is -0.493 e. The van der Waals surface area contributed by atoms with E-state index in [0.717, 1.165) is 28.0 Å². The van der Waals surface area contributed by atoms with E-state index in [1.54, 1.807) is 21.9 Å². The average Bonchev–Trinajstić information content (AvgIpc) is 3.22. The molecule has 1 aliphatic rings. The Labute approximate surface area is 328 Å². The highest BCUT2D eigenvalue weighted by molar-refractivity contribution is 5.83. The largest absolute Gasteiger partial charge is 0.493 e. The first kappa shape index (κ1) is 41.3. The number of urea groups is 1. The molecule has 2 N–H and O–H groups in total. The Morgan fingerprint density at radius 3 is 1.96 bits per heavy atom. The predicted octanol–water partition coefficient (Wildman–Crippen LogP) is 7.38. The highest BCUT2D eigenvalue weighted by atomic mass is 19.1. The van der Waals surface area contributed by atoms with Crippen molar-refractivity contribution in [2.24, 2.45) is 5.92 Å². The highest BCUT2D eigenvalue weighted by Crippen LogP contribution is 2.22. The van der Waals surface area contributed by atoms with Gasteiger partial charge in [0.2, 0.25) is 5.91 Å². The minimum atomic E-state index is -1.11. The zero-order valence-electron chi connectivity index (χ0n) is 32.0. The van der Waals surface area contributed by atoms with Crippen LogP contribution in [0.1, 0.15) is 61.8 Å². The molecule has 1 fully saturated rings. The fourth-order valence-corrected chi connectivity index (χ4v) is 6.24. The van der Waals surface area contributed by atoms with Gasteiger partial charge in [-0.25, -0.2) is 18.8 Å². The van der Waals surface area contributed by atoms with Gasteiger partial charge in [0.05, 0.1) is 6.61 Å². The SMILES string of the molecule is CC(C)COc1ccc(CNC(=O)N(Cc2ccc(F)cc2)C2CCN(C(=O)CC[C@H](NC(=O)OCc3ccccc3)C(=O)OCc3ccccc3)CC2)cc1. The van der Waals surface area contributed by atoms with E-state index in [-0.39, 0.29) is 56.4 Å². The van der Waals surface area contributed by atoms with Crippen molar-refractivity contribution in [1.82, 2.24) is 20.4 Å². The molecule has 56 heavy (non-hydrogen) atoms. The van der Waals surface area contributed by atoms with Crippen molar-refractivity contribution in [3.8, 4) is 5.75 Å². The van der Waals surface area contributed by atoms with Crippen LogP contribution in [0, 0.1) is 11.7 Å². The molecule has 0 aliphatic carbocycles. The Balaban J connectivity index is 1.16. The third kappa shape index (κ3) is 13.4. The third-order valence-corrected chi connectivity index (χ3v) is 9.40. The van der Waals surface area contributed by atoms with Crippen LogP contribution in [0.25, 0.3) is 0 Å². The molecule has 4 aromatic rings. The summed E-state index contributed by atoms with van der Waals surface area (Å²) in [6.07, 6.45) is 0.243. The molecule has 0 spiro atoms. The molecule has 1 atom stereocenters. The van der Waals surface area contributed by atoms with Crippen LogP contribution in [0.5, 0.6) is 5.75 Å². The average molecular weight is 767 g/mol. The fourth-order valence-electron chi connectivity index (χ4n) is 6.24. The smallest absolute Gasteiger partial charge is 0.408 e. The number of hydrogen-bond acceptors (Lipinski definition) is 7. The maximum atomic E-state index is 13.7. The molecule has 0 radical (unpaired) electrons. The first-order valence-corrected chi connectivity index (χ1v) is 19.1. The number of piperidine rings is 1. The molecule has 0 saturated carbocycles. The second-order valence-corrected chi connectivity index (χ2v) is 14.3. The van der Waals surface area contributed by atoms with Gasteiger partial charge in [-0.05, 0) is 71.7 Å². The summed E-state index contributed by atoms with van der Waals surface area (Å²) in [5.41, 5.74) is 3.27. The van der Waals surface area contributed by atoms with Gasteiger partial charge in [-0.1, -0.05) is 98.8 Å². The molecule has 1 saturated heterocycles. The summed E-state index contributed by atoms with van der Waals surface area (Å²) in [4.78, 5) is 56.6. The van der Waals surface area contributed by atoms with Crippen LogP contribution in [0.15, 0.2) is 109 Å². The van der Waals surface area contributed by atoms with Crippen LogP contribution >= 0.6 is 0 Å². The van der Waals surface area contributed by atoms with Crippen LogP contribution in [0.2, 0.25) is 0 Å². The second kappa shape index (κ2) is 21.3. The monoisotopic (exact) mass is 766 g/mol. The first-order valence-electron chi connectivity index (χ1n) is 19.1. The molecule has 1 aliphatic heterocycles. The standard InChI is InChI=1S/C44H51FN4O7/c1-32(2)29-54-39-19-15-33(16-20-39)27-46-43(52)49(28-34-13-17-37(45)18-14-34)38-23-25-48(26-24-38)41(50)22-21-40(42(51)55-30-35-9-5-3-6-10-35)47-44(53)56-31-36-11-7-4-8-12-36/h3-20,32,38,40H,21-31H2,1-2H3,(H,46,52)(H,47,53)/t40-/m0/s1. The molecule has 0 unspecified atom stereocenters. The lowest BCUT2D eigenvalue weighted by Gasteiger charge is -2.38. The number of alkyl carbamates (subject to hydrolysis) is 1. The maximum Gasteiger partial charge on any atom is 0.408 e. The van der Waals surface area contributed by atoms with Gasteiger partial charge in [-0.15, -0.1) is 0 Å². The molecule has 4 amide bonds. The summed E-state index contributed by atoms with van der Waals surface area (Å²) >= 11 is 0. The summed E-state index contributed by atoms with van der Waals surface area (Å²) in [5, 5.41) is 5.62. The van der Waals surface area contributed by atoms with Crippen LogP contribution in [0.3, 0.4) is 0 Å². The van der Waals surface area contributed by atoms with Crippen molar-refractivity contribution in [2.75, 3.05) is 19.7 Å². The van der Waals surface area contributed by atoms with E-state index >= 15 is 0 Å².